The minimum absolute atomic E-state index is 0.108. The molecule has 166 valence electrons. The van der Waals surface area contributed by atoms with Gasteiger partial charge in [0, 0.05) is 51.5 Å². The summed E-state index contributed by atoms with van der Waals surface area (Å²) in [6.07, 6.45) is 2.13. The molecule has 3 aromatic rings. The molecular weight excluding hydrogens is 398 g/mol. The molecule has 2 aliphatic rings. The Labute approximate surface area is 189 Å². The van der Waals surface area contributed by atoms with Crippen molar-refractivity contribution in [2.75, 3.05) is 19.6 Å². The lowest BCUT2D eigenvalue weighted by Crippen LogP contribution is -2.32. The summed E-state index contributed by atoms with van der Waals surface area (Å²) in [4.78, 5) is 17.4. The quantitative estimate of drug-likeness (QED) is 0.673. The van der Waals surface area contributed by atoms with Crippen molar-refractivity contribution in [2.45, 2.75) is 38.4 Å². The smallest absolute Gasteiger partial charge is 0.223 e. The van der Waals surface area contributed by atoms with Crippen molar-refractivity contribution in [3.8, 4) is 5.75 Å². The highest BCUT2D eigenvalue weighted by Crippen LogP contribution is 2.29. The third kappa shape index (κ3) is 4.23. The van der Waals surface area contributed by atoms with Crippen LogP contribution < -0.4 is 5.43 Å². The van der Waals surface area contributed by atoms with Gasteiger partial charge in [0.1, 0.15) is 0 Å². The van der Waals surface area contributed by atoms with Crippen LogP contribution in [0.4, 0.5) is 0 Å². The van der Waals surface area contributed by atoms with Gasteiger partial charge >= 0.3 is 0 Å². The maximum Gasteiger partial charge on any atom is 0.223 e. The number of pyridine rings is 1. The molecule has 0 aliphatic carbocycles. The van der Waals surface area contributed by atoms with Gasteiger partial charge < -0.3 is 9.67 Å². The molecule has 0 spiro atoms. The van der Waals surface area contributed by atoms with Gasteiger partial charge in [-0.2, -0.15) is 0 Å². The second kappa shape index (κ2) is 8.93. The maximum atomic E-state index is 12.6. The molecule has 1 fully saturated rings. The van der Waals surface area contributed by atoms with E-state index < -0.39 is 0 Å². The van der Waals surface area contributed by atoms with Crippen LogP contribution in [0.1, 0.15) is 40.4 Å². The molecule has 32 heavy (non-hydrogen) atoms. The molecule has 0 saturated carbocycles. The van der Waals surface area contributed by atoms with E-state index in [9.17, 15) is 9.90 Å². The first-order valence-electron chi connectivity index (χ1n) is 11.6. The van der Waals surface area contributed by atoms with Crippen LogP contribution in [0.25, 0.3) is 0 Å². The largest absolute Gasteiger partial charge is 0.503 e. The zero-order valence-corrected chi connectivity index (χ0v) is 18.7. The van der Waals surface area contributed by atoms with Crippen LogP contribution in [0, 0.1) is 0 Å². The van der Waals surface area contributed by atoms with Gasteiger partial charge in [-0.3, -0.25) is 14.6 Å². The van der Waals surface area contributed by atoms with E-state index in [2.05, 4.69) is 64.4 Å². The molecule has 1 aromatic heterocycles. The number of nitrogens with zero attached hydrogens (tertiary/aromatic N) is 3. The predicted molar refractivity (Wildman–Crippen MR) is 127 cm³/mol. The van der Waals surface area contributed by atoms with Crippen molar-refractivity contribution in [1.29, 1.82) is 0 Å². The minimum Gasteiger partial charge on any atom is -0.503 e. The van der Waals surface area contributed by atoms with Crippen molar-refractivity contribution in [3.63, 3.8) is 0 Å². The molecule has 5 rings (SSSR count). The molecule has 1 unspecified atom stereocenters. The molecule has 0 bridgehead atoms. The van der Waals surface area contributed by atoms with E-state index in [-0.39, 0.29) is 11.2 Å². The first-order valence-corrected chi connectivity index (χ1v) is 11.6. The Morgan fingerprint density at radius 2 is 1.69 bits per heavy atom. The molecule has 5 nitrogen and oxygen atoms in total. The van der Waals surface area contributed by atoms with Gasteiger partial charge in [-0.15, -0.1) is 0 Å². The van der Waals surface area contributed by atoms with E-state index >= 15 is 0 Å². The van der Waals surface area contributed by atoms with Crippen molar-refractivity contribution < 1.29 is 5.11 Å². The fourth-order valence-corrected chi connectivity index (χ4v) is 5.23. The van der Waals surface area contributed by atoms with Crippen molar-refractivity contribution in [2.24, 2.45) is 7.05 Å². The third-order valence-electron chi connectivity index (χ3n) is 7.15. The van der Waals surface area contributed by atoms with E-state index in [1.54, 1.807) is 6.07 Å². The highest BCUT2D eigenvalue weighted by Gasteiger charge is 2.26. The zero-order valence-electron chi connectivity index (χ0n) is 18.7. The Morgan fingerprint density at radius 1 is 0.938 bits per heavy atom. The van der Waals surface area contributed by atoms with Gasteiger partial charge in [-0.25, -0.2) is 0 Å². The van der Waals surface area contributed by atoms with Gasteiger partial charge in [-0.1, -0.05) is 54.6 Å². The van der Waals surface area contributed by atoms with Gasteiger partial charge in [0.05, 0.1) is 5.69 Å². The van der Waals surface area contributed by atoms with Crippen LogP contribution in [-0.2, 0) is 33.1 Å². The summed E-state index contributed by atoms with van der Waals surface area (Å²) in [6.45, 7) is 5.10. The molecule has 1 atom stereocenters. The van der Waals surface area contributed by atoms with Crippen LogP contribution in [-0.4, -0.2) is 39.1 Å². The van der Waals surface area contributed by atoms with Crippen LogP contribution in [0.5, 0.6) is 5.75 Å². The molecule has 1 saturated heterocycles. The van der Waals surface area contributed by atoms with E-state index in [1.807, 2.05) is 11.6 Å². The molecule has 0 amide bonds. The average Bonchev–Trinajstić information content (AvgIpc) is 3.29. The van der Waals surface area contributed by atoms with E-state index in [0.29, 0.717) is 19.0 Å². The SMILES string of the molecule is Cn1c(CN2CCc3ccccc3C2)cc(=O)c(O)c1CN1CCC(c2ccccc2)C1. The minimum atomic E-state index is -0.274. The number of benzene rings is 2. The molecule has 2 aromatic carbocycles. The summed E-state index contributed by atoms with van der Waals surface area (Å²) in [7, 11) is 1.98. The standard InChI is InChI=1S/C27H31N3O2/c1-28-24(18-29-13-11-21-9-5-6-10-22(21)16-29)15-26(31)27(32)25(28)19-30-14-12-23(17-30)20-7-3-2-4-8-20/h2-10,15,23,32H,11-14,16-19H2,1H3. The number of likely N-dealkylation sites (tertiary alicyclic amines) is 1. The lowest BCUT2D eigenvalue weighted by molar-refractivity contribution is 0.237. The molecule has 2 aliphatic heterocycles. The summed E-state index contributed by atoms with van der Waals surface area (Å²) in [5, 5.41) is 10.6. The van der Waals surface area contributed by atoms with Gasteiger partial charge in [0.25, 0.3) is 0 Å². The highest BCUT2D eigenvalue weighted by molar-refractivity contribution is 5.32. The first kappa shape index (κ1) is 21.0. The van der Waals surface area contributed by atoms with Gasteiger partial charge in [0.2, 0.25) is 5.43 Å². The van der Waals surface area contributed by atoms with Crippen LogP contribution >= 0.6 is 0 Å². The average molecular weight is 430 g/mol. The van der Waals surface area contributed by atoms with Crippen LogP contribution in [0.2, 0.25) is 0 Å². The predicted octanol–water partition coefficient (Wildman–Crippen LogP) is 3.64. The number of aromatic nitrogens is 1. The Bertz CT molecular complexity index is 1160. The van der Waals surface area contributed by atoms with Gasteiger partial charge in [0.15, 0.2) is 5.75 Å². The Hall–Kier alpha value is -2.89. The molecule has 0 radical (unpaired) electrons. The number of hydrogen-bond donors (Lipinski definition) is 1. The Kier molecular flexibility index (Phi) is 5.85. The van der Waals surface area contributed by atoms with Crippen molar-refractivity contribution in [1.82, 2.24) is 14.4 Å². The van der Waals surface area contributed by atoms with E-state index in [4.69, 9.17) is 0 Å². The van der Waals surface area contributed by atoms with Crippen LogP contribution in [0.15, 0.2) is 65.5 Å². The summed E-state index contributed by atoms with van der Waals surface area (Å²) in [6, 6.07) is 20.8. The van der Waals surface area contributed by atoms with Crippen molar-refractivity contribution in [3.05, 3.63) is 99.0 Å². The Morgan fingerprint density at radius 3 is 2.50 bits per heavy atom. The van der Waals surface area contributed by atoms with E-state index in [0.717, 1.165) is 50.4 Å². The number of fused-ring (bicyclic) bond motifs is 1. The molecule has 5 heteroatoms. The summed E-state index contributed by atoms with van der Waals surface area (Å²) in [5.41, 5.74) is 5.56. The summed E-state index contributed by atoms with van der Waals surface area (Å²) >= 11 is 0. The van der Waals surface area contributed by atoms with Gasteiger partial charge in [-0.05, 0) is 42.0 Å². The lowest BCUT2D eigenvalue weighted by atomic mass is 9.99. The monoisotopic (exact) mass is 429 g/mol. The highest BCUT2D eigenvalue weighted by atomic mass is 16.3. The normalized spacial score (nSPS) is 19.2. The zero-order chi connectivity index (χ0) is 22.1. The topological polar surface area (TPSA) is 48.7 Å². The lowest BCUT2D eigenvalue weighted by Gasteiger charge is -2.30. The number of hydrogen-bond acceptors (Lipinski definition) is 4. The maximum absolute atomic E-state index is 12.6. The van der Waals surface area contributed by atoms with E-state index in [1.165, 1.54) is 16.7 Å². The second-order valence-corrected chi connectivity index (χ2v) is 9.22. The fourth-order valence-electron chi connectivity index (χ4n) is 5.23. The fraction of sp³-hybridized carbons (Fsp3) is 0.370. The second-order valence-electron chi connectivity index (χ2n) is 9.22. The molecular formula is C27H31N3O2. The van der Waals surface area contributed by atoms with Crippen LogP contribution in [0.3, 0.4) is 0 Å². The number of aromatic hydroxyl groups is 1. The third-order valence-corrected chi connectivity index (χ3v) is 7.15. The summed E-state index contributed by atoms with van der Waals surface area (Å²) < 4.78 is 2.03. The molecule has 3 heterocycles. The molecule has 1 N–H and O–H groups in total. The number of rotatable bonds is 5. The summed E-state index contributed by atoms with van der Waals surface area (Å²) in [5.74, 6) is 0.398. The Balaban J connectivity index is 1.32. The first-order chi connectivity index (χ1) is 15.6. The van der Waals surface area contributed by atoms with Crippen molar-refractivity contribution >= 4 is 0 Å².